The van der Waals surface area contributed by atoms with Crippen LogP contribution in [0.5, 0.6) is 5.75 Å². The van der Waals surface area contributed by atoms with Gasteiger partial charge in [-0.1, -0.05) is 0 Å². The highest BCUT2D eigenvalue weighted by Crippen LogP contribution is 2.36. The van der Waals surface area contributed by atoms with Crippen molar-refractivity contribution in [1.29, 1.82) is 0 Å². The zero-order chi connectivity index (χ0) is 13.1. The van der Waals surface area contributed by atoms with Crippen LogP contribution < -0.4 is 10.2 Å². The number of nitrogens with zero attached hydrogens (tertiary/aromatic N) is 1. The first-order valence-corrected chi connectivity index (χ1v) is 5.58. The maximum atomic E-state index is 13.7. The second-order valence-corrected chi connectivity index (χ2v) is 5.05. The van der Waals surface area contributed by atoms with Crippen LogP contribution in [0.2, 0.25) is 0 Å². The van der Waals surface area contributed by atoms with Gasteiger partial charge < -0.3 is 9.30 Å². The molecule has 1 aliphatic heterocycles. The fourth-order valence-corrected chi connectivity index (χ4v) is 2.28. The van der Waals surface area contributed by atoms with E-state index in [0.717, 1.165) is 6.07 Å². The molecule has 0 bridgehead atoms. The molecule has 0 unspecified atom stereocenters. The molecule has 3 nitrogen and oxygen atoms in total. The molecule has 1 aliphatic rings. The molecule has 0 saturated carbocycles. The van der Waals surface area contributed by atoms with E-state index in [2.05, 4.69) is 0 Å². The smallest absolute Gasteiger partial charge is 0.202 e. The van der Waals surface area contributed by atoms with Gasteiger partial charge in [0.2, 0.25) is 5.82 Å². The van der Waals surface area contributed by atoms with Crippen LogP contribution in [0.3, 0.4) is 0 Å². The molecule has 1 aromatic heterocycles. The number of rotatable bonds is 0. The fraction of sp³-hybridized carbons (Fsp3) is 0.308. The van der Waals surface area contributed by atoms with Crippen molar-refractivity contribution in [2.75, 3.05) is 6.61 Å². The Kier molecular flexibility index (Phi) is 2.06. The first kappa shape index (κ1) is 11.2. The Hall–Kier alpha value is -1.91. The van der Waals surface area contributed by atoms with Gasteiger partial charge in [-0.25, -0.2) is 4.39 Å². The lowest BCUT2D eigenvalue weighted by atomic mass is 10.0. The Morgan fingerprint density at radius 2 is 2.11 bits per heavy atom. The summed E-state index contributed by atoms with van der Waals surface area (Å²) in [7, 11) is 0. The molecule has 0 amide bonds. The number of halogens is 2. The summed E-state index contributed by atoms with van der Waals surface area (Å²) < 4.78 is 34.2. The first-order valence-electron chi connectivity index (χ1n) is 5.58. The largest absolute Gasteiger partial charge is 0.486 e. The molecule has 0 spiro atoms. The predicted molar refractivity (Wildman–Crippen MR) is 62.9 cm³/mol. The summed E-state index contributed by atoms with van der Waals surface area (Å²) >= 11 is 0. The van der Waals surface area contributed by atoms with Gasteiger partial charge in [-0.15, -0.1) is 0 Å². The summed E-state index contributed by atoms with van der Waals surface area (Å²) in [5, 5.41) is 0.138. The van der Waals surface area contributed by atoms with E-state index in [1.165, 1.54) is 6.07 Å². The van der Waals surface area contributed by atoms with E-state index >= 15 is 0 Å². The van der Waals surface area contributed by atoms with Crippen molar-refractivity contribution in [3.8, 4) is 5.75 Å². The number of aromatic nitrogens is 1. The number of hydrogen-bond donors (Lipinski definition) is 0. The second kappa shape index (κ2) is 3.31. The number of hydrogen-bond acceptors (Lipinski definition) is 2. The third kappa shape index (κ3) is 1.30. The van der Waals surface area contributed by atoms with Gasteiger partial charge >= 0.3 is 0 Å². The Bertz CT molecular complexity index is 719. The first-order chi connectivity index (χ1) is 8.42. The SMILES string of the molecule is CC1(C)COc2c(F)c(F)cc3c(=O)ccn1c23. The van der Waals surface area contributed by atoms with E-state index in [1.54, 1.807) is 10.8 Å². The van der Waals surface area contributed by atoms with E-state index in [0.29, 0.717) is 5.52 Å². The number of benzene rings is 1. The molecule has 3 rings (SSSR count). The summed E-state index contributed by atoms with van der Waals surface area (Å²) in [6, 6.07) is 2.29. The van der Waals surface area contributed by atoms with E-state index in [9.17, 15) is 13.6 Å². The van der Waals surface area contributed by atoms with Gasteiger partial charge in [-0.05, 0) is 19.9 Å². The zero-order valence-corrected chi connectivity index (χ0v) is 9.96. The highest BCUT2D eigenvalue weighted by atomic mass is 19.2. The van der Waals surface area contributed by atoms with Crippen LogP contribution >= 0.6 is 0 Å². The Morgan fingerprint density at radius 3 is 2.83 bits per heavy atom. The van der Waals surface area contributed by atoms with Crippen LogP contribution in [0.25, 0.3) is 10.9 Å². The molecule has 2 aromatic rings. The molecular weight excluding hydrogens is 240 g/mol. The molecule has 5 heteroatoms. The monoisotopic (exact) mass is 251 g/mol. The predicted octanol–water partition coefficient (Wildman–Crippen LogP) is 2.41. The summed E-state index contributed by atoms with van der Waals surface area (Å²) in [4.78, 5) is 11.7. The van der Waals surface area contributed by atoms with Crippen LogP contribution in [-0.2, 0) is 5.54 Å². The molecule has 94 valence electrons. The van der Waals surface area contributed by atoms with Gasteiger partial charge in [-0.2, -0.15) is 4.39 Å². The fourth-order valence-electron chi connectivity index (χ4n) is 2.28. The van der Waals surface area contributed by atoms with Crippen molar-refractivity contribution in [2.24, 2.45) is 0 Å². The lowest BCUT2D eigenvalue weighted by molar-refractivity contribution is 0.163. The molecule has 0 atom stereocenters. The highest BCUT2D eigenvalue weighted by molar-refractivity contribution is 5.86. The van der Waals surface area contributed by atoms with Crippen LogP contribution in [0.1, 0.15) is 13.8 Å². The quantitative estimate of drug-likeness (QED) is 0.720. The van der Waals surface area contributed by atoms with Gasteiger partial charge in [0.1, 0.15) is 6.61 Å². The molecule has 0 radical (unpaired) electrons. The Morgan fingerprint density at radius 1 is 1.39 bits per heavy atom. The molecule has 0 fully saturated rings. The van der Waals surface area contributed by atoms with Crippen molar-refractivity contribution in [3.05, 3.63) is 40.2 Å². The normalized spacial score (nSPS) is 16.7. The Labute approximate surface area is 102 Å². The summed E-state index contributed by atoms with van der Waals surface area (Å²) in [6.07, 6.45) is 1.59. The third-order valence-electron chi connectivity index (χ3n) is 3.25. The van der Waals surface area contributed by atoms with Gasteiger partial charge in [0, 0.05) is 12.3 Å². The van der Waals surface area contributed by atoms with Gasteiger partial charge in [0.15, 0.2) is 17.0 Å². The number of ether oxygens (including phenoxy) is 1. The lowest BCUT2D eigenvalue weighted by Crippen LogP contribution is -2.38. The molecule has 18 heavy (non-hydrogen) atoms. The minimum atomic E-state index is -1.06. The summed E-state index contributed by atoms with van der Waals surface area (Å²) in [6.45, 7) is 4.03. The number of pyridine rings is 1. The van der Waals surface area contributed by atoms with Gasteiger partial charge in [0.05, 0.1) is 16.4 Å². The average molecular weight is 251 g/mol. The molecule has 0 aliphatic carbocycles. The maximum absolute atomic E-state index is 13.7. The summed E-state index contributed by atoms with van der Waals surface area (Å²) in [5.41, 5.74) is -0.441. The lowest BCUT2D eigenvalue weighted by Gasteiger charge is -2.35. The minimum Gasteiger partial charge on any atom is -0.486 e. The minimum absolute atomic E-state index is 0.138. The van der Waals surface area contributed by atoms with Crippen molar-refractivity contribution in [2.45, 2.75) is 19.4 Å². The standard InChI is InChI=1S/C13H11F2NO2/c1-13(2)6-18-12-10(15)8(14)5-7-9(17)3-4-16(13)11(7)12/h3-5H,6H2,1-2H3. The summed E-state index contributed by atoms with van der Waals surface area (Å²) in [5.74, 6) is -2.29. The van der Waals surface area contributed by atoms with Crippen LogP contribution in [0.4, 0.5) is 8.78 Å². The Balaban J connectivity index is 2.58. The third-order valence-corrected chi connectivity index (χ3v) is 3.25. The topological polar surface area (TPSA) is 31.2 Å². The second-order valence-electron chi connectivity index (χ2n) is 5.05. The van der Waals surface area contributed by atoms with Gasteiger partial charge in [0.25, 0.3) is 0 Å². The average Bonchev–Trinajstić information content (AvgIpc) is 2.30. The van der Waals surface area contributed by atoms with E-state index in [4.69, 9.17) is 4.74 Å². The molecule has 0 saturated heterocycles. The van der Waals surface area contributed by atoms with E-state index in [1.807, 2.05) is 13.8 Å². The molecular formula is C13H11F2NO2. The molecule has 2 heterocycles. The van der Waals surface area contributed by atoms with Crippen LogP contribution in [0, 0.1) is 11.6 Å². The maximum Gasteiger partial charge on any atom is 0.202 e. The van der Waals surface area contributed by atoms with Crippen LogP contribution in [-0.4, -0.2) is 11.2 Å². The highest BCUT2D eigenvalue weighted by Gasteiger charge is 2.31. The van der Waals surface area contributed by atoms with Crippen LogP contribution in [0.15, 0.2) is 23.1 Å². The van der Waals surface area contributed by atoms with Crippen molar-refractivity contribution >= 4 is 10.9 Å². The van der Waals surface area contributed by atoms with Crippen molar-refractivity contribution in [1.82, 2.24) is 4.57 Å². The van der Waals surface area contributed by atoms with E-state index in [-0.39, 0.29) is 23.2 Å². The van der Waals surface area contributed by atoms with Crippen molar-refractivity contribution < 1.29 is 13.5 Å². The zero-order valence-electron chi connectivity index (χ0n) is 9.96. The molecule has 0 N–H and O–H groups in total. The van der Waals surface area contributed by atoms with E-state index < -0.39 is 17.2 Å². The van der Waals surface area contributed by atoms with Gasteiger partial charge in [-0.3, -0.25) is 4.79 Å². The van der Waals surface area contributed by atoms with Crippen molar-refractivity contribution in [3.63, 3.8) is 0 Å². The molecule has 1 aromatic carbocycles.